The summed E-state index contributed by atoms with van der Waals surface area (Å²) in [6, 6.07) is 0. The van der Waals surface area contributed by atoms with Crippen molar-refractivity contribution < 1.29 is 9.84 Å². The van der Waals surface area contributed by atoms with E-state index in [4.69, 9.17) is 9.84 Å². The molecule has 0 aromatic heterocycles. The van der Waals surface area contributed by atoms with E-state index >= 15 is 0 Å². The zero-order valence-corrected chi connectivity index (χ0v) is 8.83. The van der Waals surface area contributed by atoms with E-state index < -0.39 is 0 Å². The predicted molar refractivity (Wildman–Crippen MR) is 55.9 cm³/mol. The van der Waals surface area contributed by atoms with E-state index in [2.05, 4.69) is 16.7 Å². The van der Waals surface area contributed by atoms with Crippen molar-refractivity contribution >= 4 is 0 Å². The lowest BCUT2D eigenvalue weighted by atomic mass is 10.1. The van der Waals surface area contributed by atoms with Gasteiger partial charge in [0, 0.05) is 13.1 Å². The molecule has 0 spiro atoms. The second kappa shape index (κ2) is 6.83. The van der Waals surface area contributed by atoms with Gasteiger partial charge in [0.05, 0.1) is 25.9 Å². The summed E-state index contributed by atoms with van der Waals surface area (Å²) in [5.74, 6) is 5.98. The first-order valence-corrected chi connectivity index (χ1v) is 5.21. The molecule has 1 N–H and O–H groups in total. The second-order valence-corrected chi connectivity index (χ2v) is 3.50. The molecule has 1 fully saturated rings. The summed E-state index contributed by atoms with van der Waals surface area (Å²) in [6.45, 7) is 5.47. The minimum atomic E-state index is 0.127. The average molecular weight is 197 g/mol. The van der Waals surface area contributed by atoms with Crippen LogP contribution in [0.5, 0.6) is 0 Å². The zero-order valence-electron chi connectivity index (χ0n) is 8.83. The second-order valence-electron chi connectivity index (χ2n) is 3.50. The van der Waals surface area contributed by atoms with E-state index in [-0.39, 0.29) is 6.61 Å². The number of aliphatic hydroxyl groups excluding tert-OH is 1. The molecular formula is C11H19NO2. The number of ether oxygens (including phenoxy) is 1. The molecule has 1 aliphatic rings. The van der Waals surface area contributed by atoms with Gasteiger partial charge in [0.2, 0.25) is 0 Å². The fraction of sp³-hybridized carbons (Fsp3) is 0.818. The van der Waals surface area contributed by atoms with Crippen LogP contribution in [0.4, 0.5) is 0 Å². The maximum Gasteiger partial charge on any atom is 0.0701 e. The summed E-state index contributed by atoms with van der Waals surface area (Å²) >= 11 is 0. The molecule has 0 radical (unpaired) electrons. The fourth-order valence-corrected chi connectivity index (χ4v) is 1.64. The predicted octanol–water partition coefficient (Wildman–Crippen LogP) is 0.483. The first kappa shape index (κ1) is 11.5. The molecule has 14 heavy (non-hydrogen) atoms. The van der Waals surface area contributed by atoms with Crippen LogP contribution in [0.2, 0.25) is 0 Å². The van der Waals surface area contributed by atoms with Gasteiger partial charge in [-0.25, -0.2) is 0 Å². The van der Waals surface area contributed by atoms with Crippen molar-refractivity contribution in [3.8, 4) is 11.8 Å². The Morgan fingerprint density at radius 1 is 1.43 bits per heavy atom. The van der Waals surface area contributed by atoms with E-state index in [0.29, 0.717) is 12.7 Å². The molecule has 0 bridgehead atoms. The van der Waals surface area contributed by atoms with Crippen molar-refractivity contribution in [1.82, 2.24) is 4.90 Å². The van der Waals surface area contributed by atoms with Gasteiger partial charge < -0.3 is 9.84 Å². The Balaban J connectivity index is 2.13. The summed E-state index contributed by atoms with van der Waals surface area (Å²) in [6.07, 6.45) is 2.46. The molecule has 0 saturated carbocycles. The quantitative estimate of drug-likeness (QED) is 0.665. The minimum absolute atomic E-state index is 0.127. The van der Waals surface area contributed by atoms with E-state index in [0.717, 1.165) is 32.5 Å². The number of likely N-dealkylation sites (tertiary alicyclic amines) is 1. The molecule has 1 saturated heterocycles. The Bertz CT molecular complexity index is 199. The van der Waals surface area contributed by atoms with Crippen molar-refractivity contribution in [2.75, 3.05) is 32.8 Å². The molecule has 1 heterocycles. The normalized spacial score (nSPS) is 19.0. The molecule has 0 unspecified atom stereocenters. The molecule has 0 amide bonds. The minimum Gasteiger partial charge on any atom is -0.394 e. The number of nitrogens with zero attached hydrogens (tertiary/aromatic N) is 1. The van der Waals surface area contributed by atoms with Gasteiger partial charge in [-0.3, -0.25) is 4.90 Å². The SMILES string of the molecule is CC#CCN1CCC(OCCO)CC1. The highest BCUT2D eigenvalue weighted by Gasteiger charge is 2.18. The summed E-state index contributed by atoms with van der Waals surface area (Å²) in [4.78, 5) is 2.34. The molecule has 0 aromatic carbocycles. The zero-order chi connectivity index (χ0) is 10.2. The maximum atomic E-state index is 8.61. The van der Waals surface area contributed by atoms with Crippen LogP contribution in [0.1, 0.15) is 19.8 Å². The Kier molecular flexibility index (Phi) is 5.62. The van der Waals surface area contributed by atoms with Gasteiger partial charge >= 0.3 is 0 Å². The lowest BCUT2D eigenvalue weighted by Crippen LogP contribution is -2.37. The lowest BCUT2D eigenvalue weighted by Gasteiger charge is -2.30. The number of aliphatic hydroxyl groups is 1. The topological polar surface area (TPSA) is 32.7 Å². The highest BCUT2D eigenvalue weighted by Crippen LogP contribution is 2.12. The van der Waals surface area contributed by atoms with Crippen LogP contribution in [0.25, 0.3) is 0 Å². The van der Waals surface area contributed by atoms with Crippen LogP contribution in [0.15, 0.2) is 0 Å². The Morgan fingerprint density at radius 3 is 2.71 bits per heavy atom. The van der Waals surface area contributed by atoms with E-state index in [1.807, 2.05) is 6.92 Å². The van der Waals surface area contributed by atoms with E-state index in [1.165, 1.54) is 0 Å². The van der Waals surface area contributed by atoms with Crippen molar-refractivity contribution in [1.29, 1.82) is 0 Å². The van der Waals surface area contributed by atoms with Gasteiger partial charge in [0.15, 0.2) is 0 Å². The van der Waals surface area contributed by atoms with Crippen molar-refractivity contribution in [2.24, 2.45) is 0 Å². The summed E-state index contributed by atoms with van der Waals surface area (Å²) in [5, 5.41) is 8.61. The number of hydrogen-bond donors (Lipinski definition) is 1. The maximum absolute atomic E-state index is 8.61. The Hall–Kier alpha value is -0.560. The van der Waals surface area contributed by atoms with Crippen LogP contribution in [0, 0.1) is 11.8 Å². The van der Waals surface area contributed by atoms with E-state index in [9.17, 15) is 0 Å². The van der Waals surface area contributed by atoms with Crippen LogP contribution >= 0.6 is 0 Å². The van der Waals surface area contributed by atoms with Crippen LogP contribution in [0.3, 0.4) is 0 Å². The smallest absolute Gasteiger partial charge is 0.0701 e. The summed E-state index contributed by atoms with van der Waals surface area (Å²) in [7, 11) is 0. The average Bonchev–Trinajstić information content (AvgIpc) is 2.25. The van der Waals surface area contributed by atoms with Gasteiger partial charge in [-0.1, -0.05) is 5.92 Å². The molecule has 1 rings (SSSR count). The molecule has 3 heteroatoms. The van der Waals surface area contributed by atoms with Gasteiger partial charge in [-0.05, 0) is 19.8 Å². The van der Waals surface area contributed by atoms with Gasteiger partial charge in [-0.15, -0.1) is 5.92 Å². The number of rotatable bonds is 4. The summed E-state index contributed by atoms with van der Waals surface area (Å²) in [5.41, 5.74) is 0. The van der Waals surface area contributed by atoms with Gasteiger partial charge in [0.1, 0.15) is 0 Å². The Morgan fingerprint density at radius 2 is 2.14 bits per heavy atom. The highest BCUT2D eigenvalue weighted by molar-refractivity contribution is 4.98. The lowest BCUT2D eigenvalue weighted by molar-refractivity contribution is -0.00562. The third-order valence-corrected chi connectivity index (χ3v) is 2.46. The van der Waals surface area contributed by atoms with Crippen LogP contribution in [-0.4, -0.2) is 49.0 Å². The molecule has 0 atom stereocenters. The monoisotopic (exact) mass is 197 g/mol. The van der Waals surface area contributed by atoms with Crippen molar-refractivity contribution in [3.63, 3.8) is 0 Å². The number of piperidine rings is 1. The van der Waals surface area contributed by atoms with E-state index in [1.54, 1.807) is 0 Å². The molecular weight excluding hydrogens is 178 g/mol. The first-order valence-electron chi connectivity index (χ1n) is 5.21. The fourth-order valence-electron chi connectivity index (χ4n) is 1.64. The van der Waals surface area contributed by atoms with Gasteiger partial charge in [-0.2, -0.15) is 0 Å². The largest absolute Gasteiger partial charge is 0.394 e. The van der Waals surface area contributed by atoms with Gasteiger partial charge in [0.25, 0.3) is 0 Å². The number of hydrogen-bond acceptors (Lipinski definition) is 3. The third-order valence-electron chi connectivity index (χ3n) is 2.46. The van der Waals surface area contributed by atoms with Crippen molar-refractivity contribution in [3.05, 3.63) is 0 Å². The first-order chi connectivity index (χ1) is 6.86. The Labute approximate surface area is 86.0 Å². The molecule has 3 nitrogen and oxygen atoms in total. The molecule has 1 aliphatic heterocycles. The van der Waals surface area contributed by atoms with Crippen LogP contribution in [-0.2, 0) is 4.74 Å². The summed E-state index contributed by atoms with van der Waals surface area (Å²) < 4.78 is 5.47. The molecule has 0 aliphatic carbocycles. The highest BCUT2D eigenvalue weighted by atomic mass is 16.5. The standard InChI is InChI=1S/C11H19NO2/c1-2-3-6-12-7-4-11(5-8-12)14-10-9-13/h11,13H,4-10H2,1H3. The molecule has 0 aromatic rings. The van der Waals surface area contributed by atoms with Crippen molar-refractivity contribution in [2.45, 2.75) is 25.9 Å². The molecule has 80 valence electrons. The third kappa shape index (κ3) is 4.10. The van der Waals surface area contributed by atoms with Crippen LogP contribution < -0.4 is 0 Å².